The van der Waals surface area contributed by atoms with Gasteiger partial charge in [-0.25, -0.2) is 0 Å². The molecule has 0 atom stereocenters. The Kier molecular flexibility index (Phi) is 8.89. The lowest BCUT2D eigenvalue weighted by Gasteiger charge is -2.28. The standard InChI is InChI=1S/2C10H20/c1-8(2)10-6-4-9(3)5-7-10;1-3-4-10-7-5-9(2)6-8-10/h8-10H,4-7H2,1-3H3;9-10H,3-8H2,1-2H3. The zero-order valence-electron chi connectivity index (χ0n) is 15.0. The highest BCUT2D eigenvalue weighted by Crippen LogP contribution is 2.32. The van der Waals surface area contributed by atoms with Gasteiger partial charge in [0.25, 0.3) is 0 Å². The number of hydrogen-bond donors (Lipinski definition) is 0. The Bertz CT molecular complexity index is 214. The van der Waals surface area contributed by atoms with Crippen LogP contribution in [0.25, 0.3) is 0 Å². The van der Waals surface area contributed by atoms with Crippen molar-refractivity contribution in [3.8, 4) is 0 Å². The summed E-state index contributed by atoms with van der Waals surface area (Å²) in [7, 11) is 0. The quantitative estimate of drug-likeness (QED) is 0.518. The topological polar surface area (TPSA) is 0 Å². The Morgan fingerprint density at radius 2 is 1.20 bits per heavy atom. The molecule has 0 amide bonds. The maximum absolute atomic E-state index is 2.39. The SMILES string of the molecule is CC1CCC(C(C)C)CC1.CCCC1CCC(C)CC1. The van der Waals surface area contributed by atoms with E-state index in [2.05, 4.69) is 34.6 Å². The minimum Gasteiger partial charge on any atom is -0.0654 e. The smallest absolute Gasteiger partial charge is 0.0391 e. The molecule has 0 aromatic rings. The van der Waals surface area contributed by atoms with E-state index in [-0.39, 0.29) is 0 Å². The fraction of sp³-hybridized carbons (Fsp3) is 1.00. The van der Waals surface area contributed by atoms with Gasteiger partial charge in [-0.1, -0.05) is 86.0 Å². The second-order valence-electron chi connectivity index (χ2n) is 8.18. The fourth-order valence-corrected chi connectivity index (χ4v) is 3.98. The molecule has 0 aliphatic heterocycles. The van der Waals surface area contributed by atoms with Crippen LogP contribution in [-0.4, -0.2) is 0 Å². The predicted molar refractivity (Wildman–Crippen MR) is 92.0 cm³/mol. The van der Waals surface area contributed by atoms with Gasteiger partial charge in [0.1, 0.15) is 0 Å². The van der Waals surface area contributed by atoms with Crippen LogP contribution in [0.2, 0.25) is 0 Å². The van der Waals surface area contributed by atoms with E-state index >= 15 is 0 Å². The minimum atomic E-state index is 0.924. The number of rotatable bonds is 3. The Morgan fingerprint density at radius 3 is 1.60 bits per heavy atom. The molecule has 2 fully saturated rings. The summed E-state index contributed by atoms with van der Waals surface area (Å²) in [6.45, 7) is 11.8. The largest absolute Gasteiger partial charge is 0.0654 e. The fourth-order valence-electron chi connectivity index (χ4n) is 3.98. The van der Waals surface area contributed by atoms with Crippen molar-refractivity contribution in [2.75, 3.05) is 0 Å². The summed E-state index contributed by atoms with van der Waals surface area (Å²) < 4.78 is 0. The molecule has 0 unspecified atom stereocenters. The van der Waals surface area contributed by atoms with E-state index in [4.69, 9.17) is 0 Å². The van der Waals surface area contributed by atoms with Crippen LogP contribution in [0.15, 0.2) is 0 Å². The van der Waals surface area contributed by atoms with E-state index in [9.17, 15) is 0 Å². The average molecular weight is 281 g/mol. The third-order valence-corrected chi connectivity index (χ3v) is 5.84. The molecule has 120 valence electrons. The summed E-state index contributed by atoms with van der Waals surface area (Å²) in [6, 6.07) is 0. The Balaban J connectivity index is 0.000000200. The molecule has 0 saturated heterocycles. The summed E-state index contributed by atoms with van der Waals surface area (Å²) in [5, 5.41) is 0. The molecule has 0 nitrogen and oxygen atoms in total. The van der Waals surface area contributed by atoms with Crippen LogP contribution in [0.1, 0.15) is 98.8 Å². The molecule has 0 aromatic carbocycles. The molecule has 0 heteroatoms. The molecule has 0 bridgehead atoms. The molecule has 0 aromatic heterocycles. The zero-order chi connectivity index (χ0) is 15.0. The van der Waals surface area contributed by atoms with Crippen LogP contribution >= 0.6 is 0 Å². The van der Waals surface area contributed by atoms with Gasteiger partial charge in [0.2, 0.25) is 0 Å². The maximum Gasteiger partial charge on any atom is -0.0391 e. The van der Waals surface area contributed by atoms with E-state index < -0.39 is 0 Å². The highest BCUT2D eigenvalue weighted by molar-refractivity contribution is 4.71. The first-order valence-corrected chi connectivity index (χ1v) is 9.52. The van der Waals surface area contributed by atoms with Gasteiger partial charge < -0.3 is 0 Å². The lowest BCUT2D eigenvalue weighted by Crippen LogP contribution is -2.16. The molecule has 2 rings (SSSR count). The van der Waals surface area contributed by atoms with Crippen molar-refractivity contribution in [1.29, 1.82) is 0 Å². The molecule has 0 spiro atoms. The van der Waals surface area contributed by atoms with Gasteiger partial charge in [-0.05, 0) is 42.4 Å². The monoisotopic (exact) mass is 280 g/mol. The van der Waals surface area contributed by atoms with E-state index in [1.807, 2.05) is 0 Å². The van der Waals surface area contributed by atoms with Crippen LogP contribution in [0.4, 0.5) is 0 Å². The molecule has 2 saturated carbocycles. The molecule has 2 aliphatic carbocycles. The van der Waals surface area contributed by atoms with E-state index in [1.54, 1.807) is 0 Å². The van der Waals surface area contributed by atoms with E-state index in [0.717, 1.165) is 29.6 Å². The summed E-state index contributed by atoms with van der Waals surface area (Å²) in [4.78, 5) is 0. The Hall–Kier alpha value is 0. The Labute approximate surface area is 129 Å². The predicted octanol–water partition coefficient (Wildman–Crippen LogP) is 7.08. The summed E-state index contributed by atoms with van der Waals surface area (Å²) in [5.41, 5.74) is 0. The normalized spacial score (nSPS) is 34.5. The zero-order valence-corrected chi connectivity index (χ0v) is 15.0. The maximum atomic E-state index is 2.39. The van der Waals surface area contributed by atoms with Crippen molar-refractivity contribution in [2.24, 2.45) is 29.6 Å². The highest BCUT2D eigenvalue weighted by Gasteiger charge is 2.20. The van der Waals surface area contributed by atoms with Crippen LogP contribution in [0.3, 0.4) is 0 Å². The van der Waals surface area contributed by atoms with Gasteiger partial charge in [0, 0.05) is 0 Å². The first-order valence-electron chi connectivity index (χ1n) is 9.52. The van der Waals surface area contributed by atoms with Crippen LogP contribution < -0.4 is 0 Å². The van der Waals surface area contributed by atoms with Gasteiger partial charge in [0.15, 0.2) is 0 Å². The van der Waals surface area contributed by atoms with Gasteiger partial charge in [0.05, 0.1) is 0 Å². The summed E-state index contributed by atoms with van der Waals surface area (Å²) in [6.07, 6.45) is 14.8. The highest BCUT2D eigenvalue weighted by atomic mass is 14.3. The van der Waals surface area contributed by atoms with Crippen molar-refractivity contribution in [1.82, 2.24) is 0 Å². The van der Waals surface area contributed by atoms with E-state index in [1.165, 1.54) is 64.2 Å². The lowest BCUT2D eigenvalue weighted by molar-refractivity contribution is 0.234. The van der Waals surface area contributed by atoms with Crippen LogP contribution in [-0.2, 0) is 0 Å². The molecule has 0 radical (unpaired) electrons. The third-order valence-electron chi connectivity index (χ3n) is 5.84. The second-order valence-corrected chi connectivity index (χ2v) is 8.18. The van der Waals surface area contributed by atoms with Crippen molar-refractivity contribution < 1.29 is 0 Å². The first kappa shape index (κ1) is 18.1. The molecule has 20 heavy (non-hydrogen) atoms. The van der Waals surface area contributed by atoms with Gasteiger partial charge >= 0.3 is 0 Å². The van der Waals surface area contributed by atoms with E-state index in [0.29, 0.717) is 0 Å². The van der Waals surface area contributed by atoms with Crippen molar-refractivity contribution in [3.63, 3.8) is 0 Å². The average Bonchev–Trinajstić information content (AvgIpc) is 2.43. The third kappa shape index (κ3) is 7.14. The van der Waals surface area contributed by atoms with Crippen molar-refractivity contribution in [2.45, 2.75) is 98.8 Å². The lowest BCUT2D eigenvalue weighted by atomic mass is 9.78. The molecule has 2 aliphatic rings. The Morgan fingerprint density at radius 1 is 0.750 bits per heavy atom. The van der Waals surface area contributed by atoms with Gasteiger partial charge in [-0.2, -0.15) is 0 Å². The summed E-state index contributed by atoms with van der Waals surface area (Å²) >= 11 is 0. The molecular weight excluding hydrogens is 240 g/mol. The number of hydrogen-bond acceptors (Lipinski definition) is 0. The summed E-state index contributed by atoms with van der Waals surface area (Å²) in [5.74, 6) is 5.08. The van der Waals surface area contributed by atoms with Gasteiger partial charge in [-0.3, -0.25) is 0 Å². The molecular formula is C20H40. The van der Waals surface area contributed by atoms with Crippen LogP contribution in [0.5, 0.6) is 0 Å². The first-order chi connectivity index (χ1) is 9.52. The van der Waals surface area contributed by atoms with Crippen LogP contribution in [0, 0.1) is 29.6 Å². The van der Waals surface area contributed by atoms with Gasteiger partial charge in [-0.15, -0.1) is 0 Å². The van der Waals surface area contributed by atoms with Crippen molar-refractivity contribution in [3.05, 3.63) is 0 Å². The molecule has 0 N–H and O–H groups in total. The molecule has 0 heterocycles. The second kappa shape index (κ2) is 9.85. The minimum absolute atomic E-state index is 0.924. The van der Waals surface area contributed by atoms with Crippen molar-refractivity contribution >= 4 is 0 Å².